The Labute approximate surface area is 130 Å². The molecule has 1 saturated heterocycles. The Kier molecular flexibility index (Phi) is 5.14. The lowest BCUT2D eigenvalue weighted by molar-refractivity contribution is 0.0912. The van der Waals surface area contributed by atoms with Gasteiger partial charge in [-0.2, -0.15) is 4.31 Å². The summed E-state index contributed by atoms with van der Waals surface area (Å²) in [4.78, 5) is 0.170. The molecule has 21 heavy (non-hydrogen) atoms. The number of aliphatic hydroxyl groups excluding tert-OH is 1. The minimum atomic E-state index is -3.55. The molecule has 1 N–H and O–H groups in total. The molecule has 0 bridgehead atoms. The highest BCUT2D eigenvalue weighted by molar-refractivity contribution is 7.89. The summed E-state index contributed by atoms with van der Waals surface area (Å²) in [5, 5.41) is 9.85. The minimum absolute atomic E-state index is 0.163. The quantitative estimate of drug-likeness (QED) is 0.916. The molecule has 0 saturated carbocycles. The van der Waals surface area contributed by atoms with E-state index >= 15 is 0 Å². The van der Waals surface area contributed by atoms with Gasteiger partial charge < -0.3 is 9.84 Å². The van der Waals surface area contributed by atoms with Crippen LogP contribution >= 0.6 is 11.6 Å². The van der Waals surface area contributed by atoms with Crippen molar-refractivity contribution >= 4 is 21.6 Å². The van der Waals surface area contributed by atoms with Crippen LogP contribution in [0.15, 0.2) is 23.1 Å². The number of methoxy groups -OCH3 is 1. The lowest BCUT2D eigenvalue weighted by Crippen LogP contribution is -2.40. The van der Waals surface area contributed by atoms with Crippen molar-refractivity contribution in [1.82, 2.24) is 4.31 Å². The number of hydrogen-bond acceptors (Lipinski definition) is 4. The van der Waals surface area contributed by atoms with Gasteiger partial charge in [-0.1, -0.05) is 11.6 Å². The van der Waals surface area contributed by atoms with E-state index in [1.807, 2.05) is 0 Å². The van der Waals surface area contributed by atoms with E-state index in [0.29, 0.717) is 31.7 Å². The summed E-state index contributed by atoms with van der Waals surface area (Å²) in [6, 6.07) is 4.47. The van der Waals surface area contributed by atoms with Gasteiger partial charge >= 0.3 is 0 Å². The number of halogens is 1. The third-order valence-corrected chi connectivity index (χ3v) is 6.13. The molecule has 2 rings (SSSR count). The Morgan fingerprint density at radius 2 is 2.00 bits per heavy atom. The largest absolute Gasteiger partial charge is 0.495 e. The fraction of sp³-hybridized carbons (Fsp3) is 0.571. The van der Waals surface area contributed by atoms with Crippen LogP contribution in [0.3, 0.4) is 0 Å². The molecule has 0 aromatic heterocycles. The fourth-order valence-electron chi connectivity index (χ4n) is 2.56. The molecule has 1 heterocycles. The van der Waals surface area contributed by atoms with Crippen LogP contribution in [0.25, 0.3) is 0 Å². The molecule has 1 aliphatic rings. The van der Waals surface area contributed by atoms with Gasteiger partial charge in [0, 0.05) is 13.1 Å². The lowest BCUT2D eigenvalue weighted by Gasteiger charge is -2.32. The van der Waals surface area contributed by atoms with Crippen molar-refractivity contribution in [2.24, 2.45) is 5.92 Å². The topological polar surface area (TPSA) is 66.8 Å². The molecule has 0 spiro atoms. The van der Waals surface area contributed by atoms with E-state index in [-0.39, 0.29) is 15.8 Å². The number of aliphatic hydroxyl groups is 1. The summed E-state index contributed by atoms with van der Waals surface area (Å²) in [6.45, 7) is 2.58. The zero-order valence-electron chi connectivity index (χ0n) is 12.1. The van der Waals surface area contributed by atoms with Crippen LogP contribution in [0, 0.1) is 5.92 Å². The predicted molar refractivity (Wildman–Crippen MR) is 81.2 cm³/mol. The third kappa shape index (κ3) is 3.51. The summed E-state index contributed by atoms with van der Waals surface area (Å²) < 4.78 is 31.6. The van der Waals surface area contributed by atoms with Crippen molar-refractivity contribution in [3.05, 3.63) is 23.2 Å². The molecule has 1 aromatic carbocycles. The van der Waals surface area contributed by atoms with E-state index in [4.69, 9.17) is 16.3 Å². The monoisotopic (exact) mass is 333 g/mol. The summed E-state index contributed by atoms with van der Waals surface area (Å²) in [5.74, 6) is 0.610. The summed E-state index contributed by atoms with van der Waals surface area (Å²) >= 11 is 6.00. The second-order valence-corrected chi connectivity index (χ2v) is 7.62. The summed E-state index contributed by atoms with van der Waals surface area (Å²) in [7, 11) is -2.06. The molecule has 0 amide bonds. The standard InChI is InChI=1S/C14H20ClNO4S/c1-10(17)11-5-7-16(8-6-11)21(18,19)12-3-4-14(20-2)13(15)9-12/h3-4,9-11,17H,5-8H2,1-2H3. The Bertz CT molecular complexity index is 595. The van der Waals surface area contributed by atoms with Crippen molar-refractivity contribution < 1.29 is 18.3 Å². The van der Waals surface area contributed by atoms with E-state index in [1.165, 1.54) is 23.5 Å². The van der Waals surface area contributed by atoms with Crippen molar-refractivity contribution in [2.45, 2.75) is 30.8 Å². The number of sulfonamides is 1. The van der Waals surface area contributed by atoms with E-state index < -0.39 is 16.1 Å². The van der Waals surface area contributed by atoms with Gasteiger partial charge in [0.2, 0.25) is 10.0 Å². The van der Waals surface area contributed by atoms with Crippen LogP contribution < -0.4 is 4.74 Å². The molecule has 1 fully saturated rings. The number of hydrogen-bond donors (Lipinski definition) is 1. The van der Waals surface area contributed by atoms with Crippen molar-refractivity contribution in [3.63, 3.8) is 0 Å². The zero-order valence-corrected chi connectivity index (χ0v) is 13.7. The number of benzene rings is 1. The molecule has 1 aromatic rings. The van der Waals surface area contributed by atoms with Crippen LogP contribution in [-0.2, 0) is 10.0 Å². The maximum Gasteiger partial charge on any atom is 0.243 e. The molecule has 0 radical (unpaired) electrons. The molecule has 1 unspecified atom stereocenters. The van der Waals surface area contributed by atoms with Crippen molar-refractivity contribution in [1.29, 1.82) is 0 Å². The third-order valence-electron chi connectivity index (χ3n) is 3.94. The molecule has 1 atom stereocenters. The first kappa shape index (κ1) is 16.5. The van der Waals surface area contributed by atoms with Crippen LogP contribution in [0.5, 0.6) is 5.75 Å². The fourth-order valence-corrected chi connectivity index (χ4v) is 4.37. The van der Waals surface area contributed by atoms with E-state index in [0.717, 1.165) is 0 Å². The van der Waals surface area contributed by atoms with Gasteiger partial charge in [-0.15, -0.1) is 0 Å². The first-order chi connectivity index (χ1) is 9.86. The number of ether oxygens (including phenoxy) is 1. The maximum atomic E-state index is 12.6. The first-order valence-electron chi connectivity index (χ1n) is 6.88. The Balaban J connectivity index is 2.17. The van der Waals surface area contributed by atoms with E-state index in [1.54, 1.807) is 13.0 Å². The van der Waals surface area contributed by atoms with Gasteiger partial charge in [0.15, 0.2) is 0 Å². The number of rotatable bonds is 4. The Hall–Kier alpha value is -0.820. The normalized spacial score (nSPS) is 19.4. The minimum Gasteiger partial charge on any atom is -0.495 e. The number of nitrogens with zero attached hydrogens (tertiary/aromatic N) is 1. The van der Waals surface area contributed by atoms with Gasteiger partial charge in [-0.05, 0) is 43.9 Å². The van der Waals surface area contributed by atoms with Gasteiger partial charge in [-0.3, -0.25) is 0 Å². The average molecular weight is 334 g/mol. The van der Waals surface area contributed by atoms with Crippen LogP contribution in [0.2, 0.25) is 5.02 Å². The zero-order chi connectivity index (χ0) is 15.6. The summed E-state index contributed by atoms with van der Waals surface area (Å²) in [6.07, 6.45) is 0.937. The smallest absolute Gasteiger partial charge is 0.243 e. The van der Waals surface area contributed by atoms with Crippen LogP contribution in [-0.4, -0.2) is 44.1 Å². The first-order valence-corrected chi connectivity index (χ1v) is 8.70. The summed E-state index contributed by atoms with van der Waals surface area (Å²) in [5.41, 5.74) is 0. The molecule has 7 heteroatoms. The van der Waals surface area contributed by atoms with Crippen molar-refractivity contribution in [2.75, 3.05) is 20.2 Å². The Morgan fingerprint density at radius 3 is 2.48 bits per heavy atom. The van der Waals surface area contributed by atoms with Gasteiger partial charge in [0.05, 0.1) is 23.1 Å². The maximum absolute atomic E-state index is 12.6. The molecule has 5 nitrogen and oxygen atoms in total. The molecular weight excluding hydrogens is 314 g/mol. The van der Waals surface area contributed by atoms with Gasteiger partial charge in [-0.25, -0.2) is 8.42 Å². The van der Waals surface area contributed by atoms with Gasteiger partial charge in [0.1, 0.15) is 5.75 Å². The molecular formula is C14H20ClNO4S. The van der Waals surface area contributed by atoms with Crippen molar-refractivity contribution in [3.8, 4) is 5.75 Å². The van der Waals surface area contributed by atoms with E-state index in [9.17, 15) is 13.5 Å². The predicted octanol–water partition coefficient (Wildman–Crippen LogP) is 2.13. The Morgan fingerprint density at radius 1 is 1.38 bits per heavy atom. The van der Waals surface area contributed by atoms with Gasteiger partial charge in [0.25, 0.3) is 0 Å². The highest BCUT2D eigenvalue weighted by Gasteiger charge is 2.31. The lowest BCUT2D eigenvalue weighted by atomic mass is 9.93. The second kappa shape index (κ2) is 6.52. The number of piperidine rings is 1. The molecule has 1 aliphatic heterocycles. The molecule has 0 aliphatic carbocycles. The van der Waals surface area contributed by atoms with Crippen LogP contribution in [0.4, 0.5) is 0 Å². The average Bonchev–Trinajstić information content (AvgIpc) is 2.47. The van der Waals surface area contributed by atoms with E-state index in [2.05, 4.69) is 0 Å². The highest BCUT2D eigenvalue weighted by atomic mass is 35.5. The van der Waals surface area contributed by atoms with Crippen LogP contribution in [0.1, 0.15) is 19.8 Å². The second-order valence-electron chi connectivity index (χ2n) is 5.28. The highest BCUT2D eigenvalue weighted by Crippen LogP contribution is 2.30. The molecule has 118 valence electrons. The SMILES string of the molecule is COc1ccc(S(=O)(=O)N2CCC(C(C)O)CC2)cc1Cl.